The van der Waals surface area contributed by atoms with Crippen LogP contribution in [0.2, 0.25) is 0 Å². The van der Waals surface area contributed by atoms with Gasteiger partial charge in [-0.2, -0.15) is 0 Å². The smallest absolute Gasteiger partial charge is 0.408 e. The molecule has 0 unspecified atom stereocenters. The lowest BCUT2D eigenvalue weighted by molar-refractivity contribution is -0.144. The van der Waals surface area contributed by atoms with Gasteiger partial charge in [-0.15, -0.1) is 0 Å². The second-order valence-electron chi connectivity index (χ2n) is 13.2. The minimum Gasteiger partial charge on any atom is -0.444 e. The average Bonchev–Trinajstić information content (AvgIpc) is 3.79. The van der Waals surface area contributed by atoms with Crippen molar-refractivity contribution in [3.8, 4) is 0 Å². The van der Waals surface area contributed by atoms with E-state index in [0.717, 1.165) is 4.90 Å². The van der Waals surface area contributed by atoms with Gasteiger partial charge in [-0.1, -0.05) is 12.2 Å². The SMILES string of the molecule is C[C@@H]1CC/C=C\[C@@H]2C[C@@]2(C(=O)NS(=O)(=O)C2(CF)CC2)NC(=O)[C@@H]2C[C@@H](O)CN2C(=O)[C@@H](NC(=O)OC(C)(C)C)[C@H](C)O1. The molecule has 2 aliphatic heterocycles. The minimum atomic E-state index is -4.35. The summed E-state index contributed by atoms with van der Waals surface area (Å²) >= 11 is 0. The summed E-state index contributed by atoms with van der Waals surface area (Å²) < 4.78 is 51.0. The van der Waals surface area contributed by atoms with Crippen LogP contribution in [-0.2, 0) is 33.9 Å². The first kappa shape index (κ1) is 33.1. The van der Waals surface area contributed by atoms with Gasteiger partial charge in [-0.25, -0.2) is 17.6 Å². The zero-order valence-electron chi connectivity index (χ0n) is 25.2. The zero-order valence-corrected chi connectivity index (χ0v) is 26.0. The molecular weight excluding hydrogens is 587 g/mol. The van der Waals surface area contributed by atoms with Crippen LogP contribution in [-0.4, -0.2) is 102 Å². The maximum Gasteiger partial charge on any atom is 0.408 e. The third kappa shape index (κ3) is 7.14. The standard InChI is InChI=1S/C28H43FN4O9S/c1-16-8-6-7-9-18-13-28(18,24(37)32-43(39,40)27(15-29)10-11-27)31-22(35)20-12-19(34)14-33(20)23(36)21(17(2)41-16)30-25(38)42-26(3,4)5/h7,9,16-21,34H,6,8,10-15H2,1-5H3,(H,30,38)(H,31,35)(H,32,37)/b9-7-/t16-,17+,18-,19-,20+,21+,28-/m1/s1. The molecule has 3 fully saturated rings. The molecule has 0 aromatic carbocycles. The molecule has 1 saturated heterocycles. The van der Waals surface area contributed by atoms with E-state index >= 15 is 0 Å². The fourth-order valence-electron chi connectivity index (χ4n) is 5.62. The summed E-state index contributed by atoms with van der Waals surface area (Å²) in [5.74, 6) is -3.00. The Kier molecular flexibility index (Phi) is 9.21. The van der Waals surface area contributed by atoms with Crippen LogP contribution in [0.4, 0.5) is 9.18 Å². The van der Waals surface area contributed by atoms with E-state index in [1.54, 1.807) is 33.8 Å². The van der Waals surface area contributed by atoms with Crippen molar-refractivity contribution in [1.29, 1.82) is 0 Å². The second kappa shape index (κ2) is 12.0. The Hall–Kier alpha value is -2.78. The molecule has 43 heavy (non-hydrogen) atoms. The first-order valence-corrected chi connectivity index (χ1v) is 16.2. The number of aliphatic hydroxyl groups is 1. The molecule has 0 aromatic rings. The number of hydrogen-bond acceptors (Lipinski definition) is 9. The van der Waals surface area contributed by atoms with Crippen LogP contribution in [0, 0.1) is 5.92 Å². The van der Waals surface area contributed by atoms with Crippen molar-refractivity contribution < 1.29 is 46.6 Å². The number of carbonyl (C=O) groups excluding carboxylic acids is 4. The van der Waals surface area contributed by atoms with Crippen molar-refractivity contribution in [3.05, 3.63) is 12.2 Å². The Morgan fingerprint density at radius 1 is 1.26 bits per heavy atom. The summed E-state index contributed by atoms with van der Waals surface area (Å²) in [6.45, 7) is 7.08. The molecule has 2 heterocycles. The fourth-order valence-corrected chi connectivity index (χ4v) is 7.05. The summed E-state index contributed by atoms with van der Waals surface area (Å²) in [4.78, 5) is 54.8. The van der Waals surface area contributed by atoms with Crippen molar-refractivity contribution in [2.45, 2.75) is 119 Å². The third-order valence-corrected chi connectivity index (χ3v) is 10.6. The summed E-state index contributed by atoms with van der Waals surface area (Å²) in [5, 5.41) is 15.7. The molecule has 2 aliphatic carbocycles. The van der Waals surface area contributed by atoms with E-state index in [9.17, 15) is 37.1 Å². The Bertz CT molecular complexity index is 1260. The Balaban J connectivity index is 1.63. The Labute approximate surface area is 251 Å². The van der Waals surface area contributed by atoms with E-state index in [0.29, 0.717) is 12.8 Å². The molecule has 15 heteroatoms. The number of rotatable bonds is 5. The lowest BCUT2D eigenvalue weighted by atomic mass is 10.1. The lowest BCUT2D eigenvalue weighted by Crippen LogP contribution is -2.60. The van der Waals surface area contributed by atoms with Gasteiger partial charge in [-0.05, 0) is 66.7 Å². The lowest BCUT2D eigenvalue weighted by Gasteiger charge is -2.33. The molecule has 4 N–H and O–H groups in total. The van der Waals surface area contributed by atoms with Crippen LogP contribution in [0.25, 0.3) is 0 Å². The van der Waals surface area contributed by atoms with Crippen molar-refractivity contribution in [1.82, 2.24) is 20.3 Å². The molecule has 7 atom stereocenters. The predicted molar refractivity (Wildman–Crippen MR) is 152 cm³/mol. The van der Waals surface area contributed by atoms with Gasteiger partial charge in [-0.3, -0.25) is 19.1 Å². The first-order chi connectivity index (χ1) is 19.9. The Morgan fingerprint density at radius 2 is 1.93 bits per heavy atom. The maximum atomic E-state index is 13.9. The van der Waals surface area contributed by atoms with Crippen LogP contribution in [0.5, 0.6) is 0 Å². The van der Waals surface area contributed by atoms with E-state index in [4.69, 9.17) is 9.47 Å². The van der Waals surface area contributed by atoms with Gasteiger partial charge in [0.25, 0.3) is 5.91 Å². The van der Waals surface area contributed by atoms with Gasteiger partial charge in [0.2, 0.25) is 21.8 Å². The van der Waals surface area contributed by atoms with Crippen LogP contribution in [0.3, 0.4) is 0 Å². The number of halogens is 1. The molecule has 4 rings (SSSR count). The topological polar surface area (TPSA) is 180 Å². The van der Waals surface area contributed by atoms with E-state index in [1.165, 1.54) is 0 Å². The summed E-state index contributed by atoms with van der Waals surface area (Å²) in [7, 11) is -4.35. The number of fused-ring (bicyclic) bond motifs is 2. The predicted octanol–water partition coefficient (Wildman–Crippen LogP) is 0.808. The molecule has 2 saturated carbocycles. The minimum absolute atomic E-state index is 0.0863. The highest BCUT2D eigenvalue weighted by atomic mass is 32.2. The van der Waals surface area contributed by atoms with Gasteiger partial charge in [0.15, 0.2) is 0 Å². The largest absolute Gasteiger partial charge is 0.444 e. The molecule has 0 spiro atoms. The number of amides is 4. The number of ether oxygens (including phenoxy) is 2. The van der Waals surface area contributed by atoms with Gasteiger partial charge in [0.1, 0.15) is 34.6 Å². The number of carbonyl (C=O) groups is 4. The van der Waals surface area contributed by atoms with Gasteiger partial charge in [0.05, 0.1) is 18.3 Å². The highest BCUT2D eigenvalue weighted by Crippen LogP contribution is 2.47. The van der Waals surface area contributed by atoms with Crippen LogP contribution in [0.15, 0.2) is 12.2 Å². The molecule has 0 radical (unpaired) electrons. The number of aliphatic hydroxyl groups excluding tert-OH is 1. The number of alkyl halides is 1. The molecule has 0 bridgehead atoms. The molecule has 4 amide bonds. The zero-order chi connectivity index (χ0) is 32.0. The summed E-state index contributed by atoms with van der Waals surface area (Å²) in [6.07, 6.45) is 1.54. The molecule has 13 nitrogen and oxygen atoms in total. The second-order valence-corrected chi connectivity index (χ2v) is 15.3. The van der Waals surface area contributed by atoms with E-state index in [-0.39, 0.29) is 38.3 Å². The van der Waals surface area contributed by atoms with Crippen LogP contribution in [0.1, 0.15) is 73.1 Å². The van der Waals surface area contributed by atoms with Gasteiger partial charge < -0.3 is 30.1 Å². The average molecular weight is 631 g/mol. The van der Waals surface area contributed by atoms with Gasteiger partial charge in [0, 0.05) is 18.9 Å². The van der Waals surface area contributed by atoms with Crippen molar-refractivity contribution >= 4 is 33.8 Å². The molecular formula is C28H43FN4O9S. The highest BCUT2D eigenvalue weighted by molar-refractivity contribution is 7.91. The first-order valence-electron chi connectivity index (χ1n) is 14.7. The van der Waals surface area contributed by atoms with Crippen LogP contribution >= 0.6 is 0 Å². The summed E-state index contributed by atoms with van der Waals surface area (Å²) in [6, 6.07) is -2.50. The van der Waals surface area contributed by atoms with Gasteiger partial charge >= 0.3 is 6.09 Å². The number of sulfonamides is 1. The number of hydrogen-bond donors (Lipinski definition) is 4. The number of nitrogens with one attached hydrogen (secondary N) is 3. The van der Waals surface area contributed by atoms with Crippen molar-refractivity contribution in [2.75, 3.05) is 13.2 Å². The fraction of sp³-hybridized carbons (Fsp3) is 0.786. The van der Waals surface area contributed by atoms with E-state index in [2.05, 4.69) is 10.6 Å². The highest BCUT2D eigenvalue weighted by Gasteiger charge is 2.64. The molecule has 0 aromatic heterocycles. The maximum absolute atomic E-state index is 13.9. The normalized spacial score (nSPS) is 35.3. The van der Waals surface area contributed by atoms with Crippen molar-refractivity contribution in [2.24, 2.45) is 5.92 Å². The van der Waals surface area contributed by atoms with E-state index in [1.807, 2.05) is 17.7 Å². The monoisotopic (exact) mass is 630 g/mol. The number of alkyl carbamates (subject to hydrolysis) is 1. The number of allylic oxidation sites excluding steroid dienone is 1. The molecule has 242 valence electrons. The van der Waals surface area contributed by atoms with Crippen LogP contribution < -0.4 is 15.4 Å². The van der Waals surface area contributed by atoms with E-state index < -0.39 is 86.6 Å². The quantitative estimate of drug-likeness (QED) is 0.320. The third-order valence-electron chi connectivity index (χ3n) is 8.44. The Morgan fingerprint density at radius 3 is 2.53 bits per heavy atom. The molecule has 4 aliphatic rings. The summed E-state index contributed by atoms with van der Waals surface area (Å²) in [5.41, 5.74) is -2.49. The van der Waals surface area contributed by atoms with Crippen molar-refractivity contribution in [3.63, 3.8) is 0 Å². The number of nitrogens with zero attached hydrogens (tertiary/aromatic N) is 1.